The average molecular weight is 569 g/mol. The van der Waals surface area contributed by atoms with Crippen LogP contribution < -0.4 is 5.43 Å². The molecule has 0 saturated heterocycles. The van der Waals surface area contributed by atoms with Crippen LogP contribution in [0.1, 0.15) is 54.1 Å². The second kappa shape index (κ2) is 10.9. The van der Waals surface area contributed by atoms with Crippen molar-refractivity contribution in [3.63, 3.8) is 0 Å². The standard InChI is InChI=1S/C27H25Cl3FNO5/c1-7-32-13(2)21(16-11-15(25(34)36-6)18(29)12-20(16)31)24(33)22(26(35)37-27(3,4)5)23(32)14-8-9-17(28)19(30)10-14/h8-12H,7H2,1-6H3. The number of methoxy groups -OCH3 is 1. The third-order valence-corrected chi connectivity index (χ3v) is 6.62. The van der Waals surface area contributed by atoms with Crippen molar-refractivity contribution < 1.29 is 23.5 Å². The molecule has 0 bridgehead atoms. The van der Waals surface area contributed by atoms with Gasteiger partial charge in [-0.3, -0.25) is 4.79 Å². The molecule has 3 aromatic rings. The van der Waals surface area contributed by atoms with Crippen LogP contribution in [-0.4, -0.2) is 29.2 Å². The molecule has 6 nitrogen and oxygen atoms in total. The first-order valence-corrected chi connectivity index (χ1v) is 12.4. The summed E-state index contributed by atoms with van der Waals surface area (Å²) < 4.78 is 27.3. The third kappa shape index (κ3) is 5.69. The fourth-order valence-electron chi connectivity index (χ4n) is 4.02. The van der Waals surface area contributed by atoms with Gasteiger partial charge in [0.15, 0.2) is 0 Å². The highest BCUT2D eigenvalue weighted by atomic mass is 35.5. The van der Waals surface area contributed by atoms with Crippen molar-refractivity contribution >= 4 is 46.7 Å². The maximum atomic E-state index is 15.3. The Morgan fingerprint density at radius 2 is 1.65 bits per heavy atom. The van der Waals surface area contributed by atoms with Gasteiger partial charge in [-0.05, 0) is 58.9 Å². The van der Waals surface area contributed by atoms with Crippen molar-refractivity contribution in [1.29, 1.82) is 0 Å². The number of aromatic nitrogens is 1. The van der Waals surface area contributed by atoms with E-state index in [1.807, 2.05) is 0 Å². The number of esters is 2. The highest BCUT2D eigenvalue weighted by molar-refractivity contribution is 6.42. The molecule has 2 aromatic carbocycles. The van der Waals surface area contributed by atoms with Gasteiger partial charge >= 0.3 is 11.9 Å². The van der Waals surface area contributed by atoms with Gasteiger partial charge in [-0.15, -0.1) is 0 Å². The van der Waals surface area contributed by atoms with E-state index in [2.05, 4.69) is 0 Å². The van der Waals surface area contributed by atoms with Gasteiger partial charge in [-0.2, -0.15) is 0 Å². The van der Waals surface area contributed by atoms with E-state index in [0.717, 1.165) is 19.2 Å². The van der Waals surface area contributed by atoms with E-state index in [1.54, 1.807) is 51.3 Å². The molecule has 1 aromatic heterocycles. The van der Waals surface area contributed by atoms with E-state index in [9.17, 15) is 14.4 Å². The SMILES string of the molecule is CCn1c(C)c(-c2cc(C(=O)OC)c(Cl)cc2F)c(=O)c(C(=O)OC(C)(C)C)c1-c1ccc(Cl)c(Cl)c1. The Labute approximate surface area is 228 Å². The summed E-state index contributed by atoms with van der Waals surface area (Å²) in [5.74, 6) is -2.55. The summed E-state index contributed by atoms with van der Waals surface area (Å²) in [5, 5.41) is 0.334. The van der Waals surface area contributed by atoms with Gasteiger partial charge in [0.25, 0.3) is 0 Å². The molecule has 0 radical (unpaired) electrons. The average Bonchev–Trinajstić information content (AvgIpc) is 2.80. The molecule has 0 N–H and O–H groups in total. The molecule has 10 heteroatoms. The van der Waals surface area contributed by atoms with Crippen molar-refractivity contribution in [2.75, 3.05) is 7.11 Å². The summed E-state index contributed by atoms with van der Waals surface area (Å²) in [5.41, 5.74) is -1.46. The van der Waals surface area contributed by atoms with Gasteiger partial charge in [-0.25, -0.2) is 14.0 Å². The number of carbonyl (C=O) groups is 2. The van der Waals surface area contributed by atoms with Crippen molar-refractivity contribution in [1.82, 2.24) is 4.57 Å². The number of rotatable bonds is 5. The maximum Gasteiger partial charge on any atom is 0.344 e. The minimum Gasteiger partial charge on any atom is -0.465 e. The Morgan fingerprint density at radius 1 is 1.00 bits per heavy atom. The molecule has 0 amide bonds. The molecule has 0 aliphatic carbocycles. The number of hydrogen-bond donors (Lipinski definition) is 0. The smallest absolute Gasteiger partial charge is 0.344 e. The zero-order chi connectivity index (χ0) is 27.8. The molecule has 1 heterocycles. The number of hydrogen-bond acceptors (Lipinski definition) is 5. The third-order valence-electron chi connectivity index (χ3n) is 5.57. The van der Waals surface area contributed by atoms with Crippen molar-refractivity contribution in [3.05, 3.63) is 78.3 Å². The van der Waals surface area contributed by atoms with E-state index in [1.165, 1.54) is 6.07 Å². The van der Waals surface area contributed by atoms with E-state index in [-0.39, 0.29) is 38.0 Å². The molecule has 0 spiro atoms. The van der Waals surface area contributed by atoms with Crippen molar-refractivity contribution in [3.8, 4) is 22.4 Å². The van der Waals surface area contributed by atoms with Gasteiger partial charge in [0.05, 0.1) is 39.0 Å². The first-order valence-electron chi connectivity index (χ1n) is 11.3. The van der Waals surface area contributed by atoms with E-state index < -0.39 is 28.8 Å². The fourth-order valence-corrected chi connectivity index (χ4v) is 4.54. The predicted octanol–water partition coefficient (Wildman–Crippen LogP) is 7.35. The molecule has 3 rings (SSSR count). The Hall–Kier alpha value is -2.87. The van der Waals surface area contributed by atoms with Crippen LogP contribution >= 0.6 is 34.8 Å². The molecule has 0 aliphatic heterocycles. The molecule has 0 atom stereocenters. The number of nitrogens with zero attached hydrogens (tertiary/aromatic N) is 1. The quantitative estimate of drug-likeness (QED) is 0.301. The van der Waals surface area contributed by atoms with E-state index in [0.29, 0.717) is 22.8 Å². The van der Waals surface area contributed by atoms with Crippen LogP contribution in [0, 0.1) is 12.7 Å². The Balaban J connectivity index is 2.51. The van der Waals surface area contributed by atoms with Gasteiger partial charge < -0.3 is 14.0 Å². The van der Waals surface area contributed by atoms with Gasteiger partial charge in [0.1, 0.15) is 17.0 Å². The lowest BCUT2D eigenvalue weighted by Gasteiger charge is -2.25. The molecule has 196 valence electrons. The first kappa shape index (κ1) is 28.7. The molecule has 0 fully saturated rings. The molecule has 37 heavy (non-hydrogen) atoms. The molecular formula is C27H25Cl3FNO5. The molecular weight excluding hydrogens is 544 g/mol. The predicted molar refractivity (Wildman–Crippen MR) is 143 cm³/mol. The normalized spacial score (nSPS) is 11.4. The fraction of sp³-hybridized carbons (Fsp3) is 0.296. The summed E-state index contributed by atoms with van der Waals surface area (Å²) in [6.07, 6.45) is 0. The van der Waals surface area contributed by atoms with Crippen LogP contribution in [0.3, 0.4) is 0 Å². The summed E-state index contributed by atoms with van der Waals surface area (Å²) in [6, 6.07) is 6.78. The summed E-state index contributed by atoms with van der Waals surface area (Å²) in [7, 11) is 1.16. The molecule has 0 saturated carbocycles. The maximum absolute atomic E-state index is 15.3. The number of ether oxygens (including phenoxy) is 2. The van der Waals surface area contributed by atoms with Crippen molar-refractivity contribution in [2.45, 2.75) is 46.8 Å². The second-order valence-corrected chi connectivity index (χ2v) is 10.4. The van der Waals surface area contributed by atoms with Gasteiger partial charge in [0, 0.05) is 23.4 Å². The minimum absolute atomic E-state index is 0.120. The van der Waals surface area contributed by atoms with Gasteiger partial charge in [0.2, 0.25) is 5.43 Å². The zero-order valence-electron chi connectivity index (χ0n) is 21.1. The topological polar surface area (TPSA) is 74.6 Å². The number of benzene rings is 2. The highest BCUT2D eigenvalue weighted by Crippen LogP contribution is 2.35. The van der Waals surface area contributed by atoms with Crippen molar-refractivity contribution in [2.24, 2.45) is 0 Å². The summed E-state index contributed by atoms with van der Waals surface area (Å²) in [4.78, 5) is 39.7. The van der Waals surface area contributed by atoms with E-state index in [4.69, 9.17) is 44.3 Å². The highest BCUT2D eigenvalue weighted by Gasteiger charge is 2.31. The Kier molecular flexibility index (Phi) is 8.42. The van der Waals surface area contributed by atoms with Gasteiger partial charge in [-0.1, -0.05) is 40.9 Å². The van der Waals surface area contributed by atoms with Crippen LogP contribution in [0.5, 0.6) is 0 Å². The first-order chi connectivity index (χ1) is 17.2. The number of halogens is 4. The van der Waals surface area contributed by atoms with Crippen LogP contribution in [-0.2, 0) is 16.0 Å². The van der Waals surface area contributed by atoms with Crippen LogP contribution in [0.15, 0.2) is 35.1 Å². The largest absolute Gasteiger partial charge is 0.465 e. The summed E-state index contributed by atoms with van der Waals surface area (Å²) in [6.45, 7) is 8.71. The lowest BCUT2D eigenvalue weighted by Crippen LogP contribution is -2.31. The lowest BCUT2D eigenvalue weighted by atomic mass is 9.94. The molecule has 0 unspecified atom stereocenters. The zero-order valence-corrected chi connectivity index (χ0v) is 23.4. The number of pyridine rings is 1. The Morgan fingerprint density at radius 3 is 2.19 bits per heavy atom. The lowest BCUT2D eigenvalue weighted by molar-refractivity contribution is 0.00680. The second-order valence-electron chi connectivity index (χ2n) is 9.19. The Bertz CT molecular complexity index is 1470. The monoisotopic (exact) mass is 567 g/mol. The number of carbonyl (C=O) groups excluding carboxylic acids is 2. The summed E-state index contributed by atoms with van der Waals surface area (Å²) >= 11 is 18.4. The van der Waals surface area contributed by atoms with Crippen LogP contribution in [0.25, 0.3) is 22.4 Å². The molecule has 0 aliphatic rings. The minimum atomic E-state index is -0.926. The van der Waals surface area contributed by atoms with Crippen LogP contribution in [0.4, 0.5) is 4.39 Å². The van der Waals surface area contributed by atoms with Crippen LogP contribution in [0.2, 0.25) is 15.1 Å². The van der Waals surface area contributed by atoms with E-state index >= 15 is 4.39 Å².